The van der Waals surface area contributed by atoms with E-state index < -0.39 is 4.92 Å². The van der Waals surface area contributed by atoms with Crippen LogP contribution in [0.5, 0.6) is 11.6 Å². The van der Waals surface area contributed by atoms with Crippen molar-refractivity contribution in [3.05, 3.63) is 56.2 Å². The number of nitro groups is 1. The molecule has 0 fully saturated rings. The van der Waals surface area contributed by atoms with Crippen LogP contribution in [-0.4, -0.2) is 9.91 Å². The second kappa shape index (κ2) is 5.36. The first kappa shape index (κ1) is 13.5. The number of benzene rings is 1. The third kappa shape index (κ3) is 3.08. The van der Waals surface area contributed by atoms with Crippen LogP contribution in [0, 0.1) is 24.0 Å². The van der Waals surface area contributed by atoms with Crippen molar-refractivity contribution in [3.63, 3.8) is 0 Å². The molecule has 5 nitrogen and oxygen atoms in total. The van der Waals surface area contributed by atoms with Gasteiger partial charge in [-0.2, -0.15) is 0 Å². The number of ether oxygens (including phenoxy) is 1. The third-order valence-electron chi connectivity index (χ3n) is 2.53. The number of hydrogen-bond acceptors (Lipinski definition) is 4. The van der Waals surface area contributed by atoms with E-state index in [1.165, 1.54) is 6.07 Å². The van der Waals surface area contributed by atoms with Crippen LogP contribution in [0.15, 0.2) is 34.8 Å². The Labute approximate surface area is 118 Å². The molecule has 0 bridgehead atoms. The molecule has 2 rings (SSSR count). The minimum atomic E-state index is -0.505. The van der Waals surface area contributed by atoms with Gasteiger partial charge >= 0.3 is 5.69 Å². The van der Waals surface area contributed by atoms with Crippen molar-refractivity contribution < 1.29 is 9.66 Å². The van der Waals surface area contributed by atoms with Gasteiger partial charge in [-0.25, -0.2) is 4.98 Å². The van der Waals surface area contributed by atoms with Gasteiger partial charge in [-0.1, -0.05) is 22.0 Å². The highest BCUT2D eigenvalue weighted by Crippen LogP contribution is 2.32. The first-order chi connectivity index (χ1) is 8.97. The lowest BCUT2D eigenvalue weighted by molar-refractivity contribution is -0.386. The zero-order valence-corrected chi connectivity index (χ0v) is 12.0. The van der Waals surface area contributed by atoms with E-state index in [0.717, 1.165) is 10.0 Å². The number of aromatic nitrogens is 1. The Bertz CT molecular complexity index is 644. The molecule has 1 aromatic carbocycles. The van der Waals surface area contributed by atoms with Gasteiger partial charge in [-0.05, 0) is 37.6 Å². The maximum Gasteiger partial charge on any atom is 0.331 e. The van der Waals surface area contributed by atoms with E-state index >= 15 is 0 Å². The first-order valence-electron chi connectivity index (χ1n) is 5.53. The van der Waals surface area contributed by atoms with E-state index in [2.05, 4.69) is 20.9 Å². The van der Waals surface area contributed by atoms with Crippen molar-refractivity contribution in [1.82, 2.24) is 4.98 Å². The van der Waals surface area contributed by atoms with Gasteiger partial charge in [0.25, 0.3) is 5.88 Å². The molecule has 1 heterocycles. The van der Waals surface area contributed by atoms with Gasteiger partial charge in [-0.3, -0.25) is 10.1 Å². The van der Waals surface area contributed by atoms with Crippen LogP contribution >= 0.6 is 15.9 Å². The molecule has 0 aliphatic carbocycles. The van der Waals surface area contributed by atoms with Gasteiger partial charge in [0.15, 0.2) is 0 Å². The molecule has 0 unspecified atom stereocenters. The van der Waals surface area contributed by atoms with E-state index in [1.807, 2.05) is 19.1 Å². The van der Waals surface area contributed by atoms with Gasteiger partial charge in [0.05, 0.1) is 4.92 Å². The maximum absolute atomic E-state index is 11.0. The molecule has 0 spiro atoms. The zero-order valence-electron chi connectivity index (χ0n) is 10.4. The zero-order chi connectivity index (χ0) is 14.0. The van der Waals surface area contributed by atoms with E-state index in [-0.39, 0.29) is 11.6 Å². The summed E-state index contributed by atoms with van der Waals surface area (Å²) in [6.45, 7) is 3.62. The largest absolute Gasteiger partial charge is 0.433 e. The average Bonchev–Trinajstić information content (AvgIpc) is 2.33. The standard InChI is InChI=1S/C13H11BrN2O3/c1-8-3-5-10(14)7-12(8)19-13-11(16(17)18)6-4-9(2)15-13/h3-7H,1-2H3. The Kier molecular flexibility index (Phi) is 3.80. The van der Waals surface area contributed by atoms with Gasteiger partial charge < -0.3 is 4.74 Å². The molecule has 0 aliphatic heterocycles. The topological polar surface area (TPSA) is 65.3 Å². The molecule has 0 N–H and O–H groups in total. The highest BCUT2D eigenvalue weighted by molar-refractivity contribution is 9.10. The third-order valence-corrected chi connectivity index (χ3v) is 3.03. The summed E-state index contributed by atoms with van der Waals surface area (Å²) in [6.07, 6.45) is 0. The lowest BCUT2D eigenvalue weighted by Crippen LogP contribution is -1.98. The predicted octanol–water partition coefficient (Wildman–Crippen LogP) is 4.16. The van der Waals surface area contributed by atoms with Crippen molar-refractivity contribution in [2.45, 2.75) is 13.8 Å². The Morgan fingerprint density at radius 3 is 2.68 bits per heavy atom. The van der Waals surface area contributed by atoms with E-state index in [4.69, 9.17) is 4.74 Å². The molecule has 1 aromatic heterocycles. The van der Waals surface area contributed by atoms with Crippen LogP contribution in [0.1, 0.15) is 11.3 Å². The number of aryl methyl sites for hydroxylation is 2. The number of nitrogens with zero attached hydrogens (tertiary/aromatic N) is 2. The molecule has 0 aliphatic rings. The molecular weight excluding hydrogens is 312 g/mol. The maximum atomic E-state index is 11.0. The van der Waals surface area contributed by atoms with Crippen LogP contribution in [-0.2, 0) is 0 Å². The fraction of sp³-hybridized carbons (Fsp3) is 0.154. The molecule has 0 radical (unpaired) electrons. The minimum Gasteiger partial charge on any atom is -0.433 e. The van der Waals surface area contributed by atoms with Gasteiger partial charge in [-0.15, -0.1) is 0 Å². The summed E-state index contributed by atoms with van der Waals surface area (Å²) < 4.78 is 6.42. The van der Waals surface area contributed by atoms with Crippen molar-refractivity contribution in [1.29, 1.82) is 0 Å². The van der Waals surface area contributed by atoms with Crippen molar-refractivity contribution in [2.75, 3.05) is 0 Å². The van der Waals surface area contributed by atoms with Crippen molar-refractivity contribution in [3.8, 4) is 11.6 Å². The molecule has 6 heteroatoms. The highest BCUT2D eigenvalue weighted by atomic mass is 79.9. The Hall–Kier alpha value is -1.95. The van der Waals surface area contributed by atoms with Crippen LogP contribution in [0.3, 0.4) is 0 Å². The summed E-state index contributed by atoms with van der Waals surface area (Å²) in [5.41, 5.74) is 1.39. The Morgan fingerprint density at radius 2 is 2.00 bits per heavy atom. The summed E-state index contributed by atoms with van der Waals surface area (Å²) in [7, 11) is 0. The quantitative estimate of drug-likeness (QED) is 0.628. The molecule has 0 saturated carbocycles. The van der Waals surface area contributed by atoms with Crippen LogP contribution < -0.4 is 4.74 Å². The van der Waals surface area contributed by atoms with Gasteiger partial charge in [0.2, 0.25) is 0 Å². The van der Waals surface area contributed by atoms with Gasteiger partial charge in [0, 0.05) is 16.2 Å². The van der Waals surface area contributed by atoms with Crippen molar-refractivity contribution >= 4 is 21.6 Å². The Morgan fingerprint density at radius 1 is 1.26 bits per heavy atom. The molecule has 0 amide bonds. The highest BCUT2D eigenvalue weighted by Gasteiger charge is 2.18. The number of rotatable bonds is 3. The molecular formula is C13H11BrN2O3. The number of halogens is 1. The lowest BCUT2D eigenvalue weighted by atomic mass is 10.2. The summed E-state index contributed by atoms with van der Waals surface area (Å²) in [4.78, 5) is 14.5. The molecule has 98 valence electrons. The SMILES string of the molecule is Cc1ccc([N+](=O)[O-])c(Oc2cc(Br)ccc2C)n1. The Balaban J connectivity index is 2.45. The van der Waals surface area contributed by atoms with E-state index in [1.54, 1.807) is 19.1 Å². The fourth-order valence-corrected chi connectivity index (χ4v) is 1.87. The molecule has 0 saturated heterocycles. The van der Waals surface area contributed by atoms with Crippen LogP contribution in [0.2, 0.25) is 0 Å². The van der Waals surface area contributed by atoms with Crippen LogP contribution in [0.4, 0.5) is 5.69 Å². The monoisotopic (exact) mass is 322 g/mol. The summed E-state index contributed by atoms with van der Waals surface area (Å²) in [5.74, 6) is 0.543. The fourth-order valence-electron chi connectivity index (χ4n) is 1.53. The van der Waals surface area contributed by atoms with E-state index in [0.29, 0.717) is 11.4 Å². The number of hydrogen-bond donors (Lipinski definition) is 0. The predicted molar refractivity (Wildman–Crippen MR) is 74.6 cm³/mol. The second-order valence-corrected chi connectivity index (χ2v) is 4.96. The lowest BCUT2D eigenvalue weighted by Gasteiger charge is -2.09. The second-order valence-electron chi connectivity index (χ2n) is 4.05. The minimum absolute atomic E-state index is 0.00574. The van der Waals surface area contributed by atoms with Crippen molar-refractivity contribution in [2.24, 2.45) is 0 Å². The molecule has 19 heavy (non-hydrogen) atoms. The molecule has 2 aromatic rings. The number of pyridine rings is 1. The summed E-state index contributed by atoms with van der Waals surface area (Å²) >= 11 is 3.34. The van der Waals surface area contributed by atoms with Crippen LogP contribution in [0.25, 0.3) is 0 Å². The van der Waals surface area contributed by atoms with E-state index in [9.17, 15) is 10.1 Å². The van der Waals surface area contributed by atoms with Gasteiger partial charge in [0.1, 0.15) is 5.75 Å². The summed E-state index contributed by atoms with van der Waals surface area (Å²) in [6, 6.07) is 8.47. The normalized spacial score (nSPS) is 10.3. The molecule has 0 atom stereocenters. The average molecular weight is 323 g/mol. The summed E-state index contributed by atoms with van der Waals surface area (Å²) in [5, 5.41) is 11.0. The smallest absolute Gasteiger partial charge is 0.331 e. The first-order valence-corrected chi connectivity index (χ1v) is 6.32.